The molecule has 0 saturated heterocycles. The van der Waals surface area contributed by atoms with Crippen LogP contribution in [-0.2, 0) is 11.2 Å². The van der Waals surface area contributed by atoms with Crippen molar-refractivity contribution in [2.75, 3.05) is 14.0 Å². The van der Waals surface area contributed by atoms with E-state index in [1.807, 2.05) is 0 Å². The Hall–Kier alpha value is -2.62. The number of imidazole rings is 1. The lowest BCUT2D eigenvalue weighted by Gasteiger charge is -2.11. The van der Waals surface area contributed by atoms with Gasteiger partial charge in [0.1, 0.15) is 5.65 Å². The van der Waals surface area contributed by atoms with Crippen molar-refractivity contribution in [3.8, 4) is 11.3 Å². The lowest BCUT2D eigenvalue weighted by molar-refractivity contribution is -0.128. The van der Waals surface area contributed by atoms with Gasteiger partial charge in [0.25, 0.3) is 0 Å². The first kappa shape index (κ1) is 5.48. The molecule has 1 aromatic carbocycles. The number of likely N-dealkylation sites (N-methyl/N-ethyl adjacent to an activating group) is 1. The first-order valence-corrected chi connectivity index (χ1v) is 6.47. The molecule has 4 nitrogen and oxygen atoms in total. The molecule has 0 saturated carbocycles. The number of pyridine rings is 1. The van der Waals surface area contributed by atoms with Gasteiger partial charge in [-0.1, -0.05) is 35.8 Å². The lowest BCUT2D eigenvalue weighted by atomic mass is 10.1. The minimum atomic E-state index is -3.33. The second-order valence-corrected chi connectivity index (χ2v) is 4.69. The van der Waals surface area contributed by atoms with Gasteiger partial charge in [-0.25, -0.2) is 4.98 Å². The Balaban J connectivity index is 2.61. The van der Waals surface area contributed by atoms with Crippen molar-refractivity contribution in [1.82, 2.24) is 14.3 Å². The van der Waals surface area contributed by atoms with E-state index in [4.69, 9.17) is 20.6 Å². The van der Waals surface area contributed by atoms with Crippen LogP contribution in [0.1, 0.15) is 37.4 Å². The number of aromatic nitrogens is 2. The molecule has 0 aliphatic rings. The molecule has 2 heterocycles. The van der Waals surface area contributed by atoms with E-state index in [2.05, 4.69) is 4.98 Å². The van der Waals surface area contributed by atoms with Crippen LogP contribution in [0.15, 0.2) is 42.4 Å². The number of fused-ring (bicyclic) bond motifs is 1. The average Bonchev–Trinajstić information content (AvgIpc) is 3.19. The maximum Gasteiger partial charge on any atom is 0.228 e. The maximum atomic E-state index is 13.1. The van der Waals surface area contributed by atoms with Crippen molar-refractivity contribution in [3.63, 3.8) is 0 Å². The molecule has 0 aliphatic heterocycles. The second kappa shape index (κ2) is 5.88. The Morgan fingerprint density at radius 2 is 2.04 bits per heavy atom. The van der Waals surface area contributed by atoms with E-state index in [9.17, 15) is 4.79 Å². The van der Waals surface area contributed by atoms with Gasteiger partial charge >= 0.3 is 0 Å². The minimum Gasteiger partial charge on any atom is -0.348 e. The van der Waals surface area contributed by atoms with Gasteiger partial charge in [0.05, 0.1) is 27.4 Å². The molecule has 4 heteroatoms. The first-order chi connectivity index (χ1) is 17.1. The SMILES string of the molecule is [2H]c1c([2H])c(C([2H])([2H])[2H])c([2H])c([2H])c1-c1nc2c([2H])c([2H])c(C)c([2H])n2c1C([2H])([2H])C(=O)N(C)C([2H])([2H])[2H]. The highest BCUT2D eigenvalue weighted by Gasteiger charge is 2.18. The summed E-state index contributed by atoms with van der Waals surface area (Å²) in [6, 6.07) is -4.94. The minimum absolute atomic E-state index is 0.125. The second-order valence-electron chi connectivity index (χ2n) is 4.69. The summed E-state index contributed by atoms with van der Waals surface area (Å²) in [4.78, 5) is 17.3. The zero-order chi connectivity index (χ0) is 29.4. The van der Waals surface area contributed by atoms with Crippen molar-refractivity contribution in [2.24, 2.45) is 0 Å². The molecular formula is C19H21N3O. The topological polar surface area (TPSA) is 37.6 Å². The molecule has 23 heavy (non-hydrogen) atoms. The van der Waals surface area contributed by atoms with E-state index in [0.717, 1.165) is 7.05 Å². The van der Waals surface area contributed by atoms with Crippen LogP contribution in [0.2, 0.25) is 0 Å². The van der Waals surface area contributed by atoms with Crippen LogP contribution in [0.4, 0.5) is 0 Å². The summed E-state index contributed by atoms with van der Waals surface area (Å²) in [7, 11) is 0.807. The first-order valence-electron chi connectivity index (χ1n) is 14.0. The zero-order valence-corrected chi connectivity index (χ0v) is 12.2. The molecule has 0 N–H and O–H groups in total. The Morgan fingerprint density at radius 1 is 1.30 bits per heavy atom. The van der Waals surface area contributed by atoms with E-state index >= 15 is 0 Å². The Kier molecular flexibility index (Phi) is 1.40. The van der Waals surface area contributed by atoms with Crippen LogP contribution in [-0.4, -0.2) is 34.2 Å². The molecule has 0 fully saturated rings. The fourth-order valence-corrected chi connectivity index (χ4v) is 1.86. The molecule has 3 rings (SSSR count). The monoisotopic (exact) mass is 322 g/mol. The highest BCUT2D eigenvalue weighted by Crippen LogP contribution is 2.26. The molecule has 118 valence electrons. The van der Waals surface area contributed by atoms with Gasteiger partial charge in [-0.15, -0.1) is 0 Å². The molecule has 0 aliphatic carbocycles. The normalized spacial score (nSPS) is 22.1. The van der Waals surface area contributed by atoms with Crippen molar-refractivity contribution in [2.45, 2.75) is 20.1 Å². The van der Waals surface area contributed by atoms with E-state index in [1.165, 1.54) is 6.92 Å². The highest BCUT2D eigenvalue weighted by atomic mass is 16.2. The van der Waals surface area contributed by atoms with Gasteiger partial charge in [-0.2, -0.15) is 0 Å². The number of nitrogens with zero attached hydrogens (tertiary/aromatic N) is 3. The van der Waals surface area contributed by atoms with Gasteiger partial charge in [0, 0.05) is 36.7 Å². The van der Waals surface area contributed by atoms with Crippen LogP contribution in [0.25, 0.3) is 16.9 Å². The molecule has 0 radical (unpaired) electrons. The van der Waals surface area contributed by atoms with Gasteiger partial charge in [0.15, 0.2) is 0 Å². The third-order valence-electron chi connectivity index (χ3n) is 2.91. The number of amides is 1. The molecule has 3 aromatic rings. The Morgan fingerprint density at radius 3 is 2.74 bits per heavy atom. The van der Waals surface area contributed by atoms with Crippen LogP contribution in [0.5, 0.6) is 0 Å². The Labute approximate surface area is 157 Å². The van der Waals surface area contributed by atoms with Crippen molar-refractivity contribution >= 4 is 11.6 Å². The molecule has 0 unspecified atom stereocenters. The number of hydrogen-bond acceptors (Lipinski definition) is 2. The van der Waals surface area contributed by atoms with Gasteiger partial charge in [-0.05, 0) is 25.4 Å². The van der Waals surface area contributed by atoms with E-state index < -0.39 is 96.7 Å². The quantitative estimate of drug-likeness (QED) is 0.742. The predicted molar refractivity (Wildman–Crippen MR) is 92.5 cm³/mol. The van der Waals surface area contributed by atoms with Gasteiger partial charge in [0.2, 0.25) is 5.91 Å². The van der Waals surface area contributed by atoms with Crippen LogP contribution >= 0.6 is 0 Å². The molecule has 0 bridgehead atoms. The summed E-state index contributed by atoms with van der Waals surface area (Å²) >= 11 is 0. The predicted octanol–water partition coefficient (Wildman–Crippen LogP) is 3.25. The van der Waals surface area contributed by atoms with Crippen molar-refractivity contribution < 1.29 is 25.4 Å². The molecule has 1 amide bonds. The number of rotatable bonds is 3. The van der Waals surface area contributed by atoms with Crippen LogP contribution in [0.3, 0.4) is 0 Å². The van der Waals surface area contributed by atoms with Gasteiger partial charge < -0.3 is 9.30 Å². The largest absolute Gasteiger partial charge is 0.348 e. The summed E-state index contributed by atoms with van der Waals surface area (Å²) in [5.41, 5.74) is -3.93. The smallest absolute Gasteiger partial charge is 0.228 e. The fourth-order valence-electron chi connectivity index (χ4n) is 1.86. The third-order valence-corrected chi connectivity index (χ3v) is 2.91. The van der Waals surface area contributed by atoms with Crippen molar-refractivity contribution in [1.29, 1.82) is 0 Å². The van der Waals surface area contributed by atoms with E-state index in [-0.39, 0.29) is 10.5 Å². The number of hydrogen-bond donors (Lipinski definition) is 0. The fraction of sp³-hybridized carbons (Fsp3) is 0.263. The van der Waals surface area contributed by atoms with Crippen LogP contribution < -0.4 is 0 Å². The number of benzene rings is 1. The lowest BCUT2D eigenvalue weighted by Crippen LogP contribution is -2.24. The molecule has 0 spiro atoms. The summed E-state index contributed by atoms with van der Waals surface area (Å²) in [5, 5.41) is 0. The zero-order valence-electron chi connectivity index (χ0n) is 27.2. The average molecular weight is 322 g/mol. The van der Waals surface area contributed by atoms with E-state index in [0.29, 0.717) is 4.40 Å². The Bertz CT molecular complexity index is 1460. The van der Waals surface area contributed by atoms with Gasteiger partial charge in [-0.3, -0.25) is 4.79 Å². The van der Waals surface area contributed by atoms with Crippen molar-refractivity contribution in [3.05, 3.63) is 59.2 Å². The number of carbonyl (C=O) groups excluding carboxylic acids is 1. The highest BCUT2D eigenvalue weighted by molar-refractivity contribution is 5.81. The summed E-state index contributed by atoms with van der Waals surface area (Å²) in [6.45, 7) is -4.86. The molecule has 2 aromatic heterocycles. The third kappa shape index (κ3) is 2.97. The summed E-state index contributed by atoms with van der Waals surface area (Å²) < 4.78 is 121. The number of carbonyl (C=O) groups is 1. The van der Waals surface area contributed by atoms with E-state index in [1.54, 1.807) is 0 Å². The summed E-state index contributed by atoms with van der Waals surface area (Å²) in [5.74, 6) is -1.63. The summed E-state index contributed by atoms with van der Waals surface area (Å²) in [6.07, 6.45) is -3.93. The molecule has 0 atom stereocenters. The standard InChI is InChI=1S/C19H21N3O/c1-13-5-8-15(9-6-13)19-16(11-18(23)21(3)4)22-12-14(2)7-10-17(22)20-19/h5-10,12H,11H2,1-4H3/i1D3,3D3,5D,6D,7D,8D,9D,10D,11D2,12D. The molecular weight excluding hydrogens is 286 g/mol. The van der Waals surface area contributed by atoms with Crippen LogP contribution in [0, 0.1) is 13.8 Å². The maximum absolute atomic E-state index is 13.1.